The molecule has 0 spiro atoms. The van der Waals surface area contributed by atoms with Crippen LogP contribution in [-0.4, -0.2) is 22.7 Å². The van der Waals surface area contributed by atoms with Crippen LogP contribution >= 0.6 is 0 Å². The molecule has 92 valence electrons. The van der Waals surface area contributed by atoms with E-state index in [0.717, 1.165) is 12.1 Å². The summed E-state index contributed by atoms with van der Waals surface area (Å²) in [6.45, 7) is 5.49. The largest absolute Gasteiger partial charge is 0.392 e. The second kappa shape index (κ2) is 5.34. The van der Waals surface area contributed by atoms with Crippen molar-refractivity contribution in [2.75, 3.05) is 6.54 Å². The van der Waals surface area contributed by atoms with Gasteiger partial charge in [-0.25, -0.2) is 0 Å². The lowest BCUT2D eigenvalue weighted by Gasteiger charge is -2.15. The number of benzene rings is 1. The van der Waals surface area contributed by atoms with Crippen molar-refractivity contribution in [3.8, 4) is 0 Å². The van der Waals surface area contributed by atoms with Gasteiger partial charge in [-0.05, 0) is 35.1 Å². The highest BCUT2D eigenvalue weighted by atomic mass is 16.3. The number of rotatable bonds is 5. The highest BCUT2D eigenvalue weighted by molar-refractivity contribution is 5.79. The number of hydrogen-bond acceptors (Lipinski definition) is 2. The van der Waals surface area contributed by atoms with E-state index >= 15 is 0 Å². The van der Waals surface area contributed by atoms with Gasteiger partial charge in [-0.3, -0.25) is 0 Å². The Bertz CT molecular complexity index is 476. The van der Waals surface area contributed by atoms with E-state index in [1.54, 1.807) is 0 Å². The minimum absolute atomic E-state index is 0.272. The molecule has 2 aromatic rings. The zero-order valence-electron chi connectivity index (χ0n) is 10.4. The Hall–Kier alpha value is -1.32. The summed E-state index contributed by atoms with van der Waals surface area (Å²) in [4.78, 5) is 3.18. The first kappa shape index (κ1) is 12.1. The van der Waals surface area contributed by atoms with Crippen molar-refractivity contribution in [3.05, 3.63) is 36.0 Å². The van der Waals surface area contributed by atoms with Crippen LogP contribution in [0.5, 0.6) is 0 Å². The molecular formula is C14H20N2O. The SMILES string of the molecule is CC(C)C(O)CNCc1ccc2[nH]ccc2c1. The van der Waals surface area contributed by atoms with Gasteiger partial charge in [0.05, 0.1) is 6.10 Å². The zero-order valence-corrected chi connectivity index (χ0v) is 10.4. The van der Waals surface area contributed by atoms with Crippen molar-refractivity contribution in [2.24, 2.45) is 5.92 Å². The first-order chi connectivity index (χ1) is 8.16. The van der Waals surface area contributed by atoms with Crippen LogP contribution in [0.1, 0.15) is 19.4 Å². The quantitative estimate of drug-likeness (QED) is 0.740. The standard InChI is InChI=1S/C14H20N2O/c1-10(2)14(17)9-15-8-11-3-4-13-12(7-11)5-6-16-13/h3-7,10,14-17H,8-9H2,1-2H3. The second-order valence-corrected chi connectivity index (χ2v) is 4.84. The van der Waals surface area contributed by atoms with Crippen LogP contribution in [0.4, 0.5) is 0 Å². The van der Waals surface area contributed by atoms with E-state index in [4.69, 9.17) is 0 Å². The van der Waals surface area contributed by atoms with Gasteiger partial charge in [-0.15, -0.1) is 0 Å². The molecule has 3 N–H and O–H groups in total. The third kappa shape index (κ3) is 3.08. The van der Waals surface area contributed by atoms with E-state index < -0.39 is 0 Å². The Morgan fingerprint density at radius 3 is 2.88 bits per heavy atom. The Kier molecular flexibility index (Phi) is 3.82. The first-order valence-corrected chi connectivity index (χ1v) is 6.11. The van der Waals surface area contributed by atoms with Crippen molar-refractivity contribution in [1.82, 2.24) is 10.3 Å². The molecule has 0 bridgehead atoms. The molecule has 0 aliphatic heterocycles. The van der Waals surface area contributed by atoms with E-state index in [0.29, 0.717) is 12.5 Å². The molecule has 0 saturated heterocycles. The van der Waals surface area contributed by atoms with Crippen molar-refractivity contribution in [1.29, 1.82) is 0 Å². The van der Waals surface area contributed by atoms with Crippen molar-refractivity contribution in [2.45, 2.75) is 26.5 Å². The fourth-order valence-electron chi connectivity index (χ4n) is 1.81. The van der Waals surface area contributed by atoms with Gasteiger partial charge < -0.3 is 15.4 Å². The Morgan fingerprint density at radius 2 is 2.12 bits per heavy atom. The third-order valence-corrected chi connectivity index (χ3v) is 3.07. The van der Waals surface area contributed by atoms with Gasteiger partial charge in [0.15, 0.2) is 0 Å². The Morgan fingerprint density at radius 1 is 1.29 bits per heavy atom. The van der Waals surface area contributed by atoms with Gasteiger partial charge in [0.25, 0.3) is 0 Å². The molecule has 0 aliphatic carbocycles. The monoisotopic (exact) mass is 232 g/mol. The van der Waals surface area contributed by atoms with E-state index in [1.807, 2.05) is 20.0 Å². The highest BCUT2D eigenvalue weighted by Crippen LogP contribution is 2.14. The van der Waals surface area contributed by atoms with E-state index in [-0.39, 0.29) is 6.10 Å². The minimum atomic E-state index is -0.272. The molecule has 1 atom stereocenters. The number of aromatic nitrogens is 1. The van der Waals surface area contributed by atoms with Crippen molar-refractivity contribution in [3.63, 3.8) is 0 Å². The molecule has 17 heavy (non-hydrogen) atoms. The highest BCUT2D eigenvalue weighted by Gasteiger charge is 2.07. The summed E-state index contributed by atoms with van der Waals surface area (Å²) in [6.07, 6.45) is 1.68. The normalized spacial score (nSPS) is 13.4. The maximum absolute atomic E-state index is 9.68. The van der Waals surface area contributed by atoms with Crippen LogP contribution in [-0.2, 0) is 6.54 Å². The van der Waals surface area contributed by atoms with E-state index in [2.05, 4.69) is 34.6 Å². The third-order valence-electron chi connectivity index (χ3n) is 3.07. The molecule has 2 rings (SSSR count). The van der Waals surface area contributed by atoms with Crippen molar-refractivity contribution < 1.29 is 5.11 Å². The number of aliphatic hydroxyl groups excluding tert-OH is 1. The topological polar surface area (TPSA) is 48.0 Å². The molecule has 3 heteroatoms. The minimum Gasteiger partial charge on any atom is -0.392 e. The van der Waals surface area contributed by atoms with Crippen LogP contribution in [0.3, 0.4) is 0 Å². The van der Waals surface area contributed by atoms with Gasteiger partial charge in [0.1, 0.15) is 0 Å². The summed E-state index contributed by atoms with van der Waals surface area (Å²) < 4.78 is 0. The fourth-order valence-corrected chi connectivity index (χ4v) is 1.81. The molecule has 1 heterocycles. The molecule has 0 saturated carbocycles. The maximum atomic E-state index is 9.68. The van der Waals surface area contributed by atoms with Crippen LogP contribution in [0.25, 0.3) is 10.9 Å². The zero-order chi connectivity index (χ0) is 12.3. The smallest absolute Gasteiger partial charge is 0.0687 e. The van der Waals surface area contributed by atoms with Gasteiger partial charge in [-0.1, -0.05) is 19.9 Å². The average molecular weight is 232 g/mol. The molecule has 1 unspecified atom stereocenters. The summed E-state index contributed by atoms with van der Waals surface area (Å²) in [5, 5.41) is 14.2. The van der Waals surface area contributed by atoms with Gasteiger partial charge in [0.2, 0.25) is 0 Å². The predicted octanol–water partition coefficient (Wildman–Crippen LogP) is 2.27. The van der Waals surface area contributed by atoms with E-state index in [1.165, 1.54) is 10.9 Å². The summed E-state index contributed by atoms with van der Waals surface area (Å²) >= 11 is 0. The summed E-state index contributed by atoms with van der Waals surface area (Å²) in [5.41, 5.74) is 2.41. The summed E-state index contributed by atoms with van der Waals surface area (Å²) in [5.74, 6) is 0.301. The molecule has 0 amide bonds. The number of nitrogens with one attached hydrogen (secondary N) is 2. The van der Waals surface area contributed by atoms with Gasteiger partial charge in [-0.2, -0.15) is 0 Å². The lowest BCUT2D eigenvalue weighted by atomic mass is 10.1. The number of aromatic amines is 1. The molecule has 0 aliphatic rings. The predicted molar refractivity (Wildman–Crippen MR) is 70.9 cm³/mol. The number of aliphatic hydroxyl groups is 1. The van der Waals surface area contributed by atoms with Crippen LogP contribution in [0, 0.1) is 5.92 Å². The molecule has 0 fully saturated rings. The average Bonchev–Trinajstić information content (AvgIpc) is 2.75. The lowest BCUT2D eigenvalue weighted by Crippen LogP contribution is -2.30. The second-order valence-electron chi connectivity index (χ2n) is 4.84. The summed E-state index contributed by atoms with van der Waals surface area (Å²) in [7, 11) is 0. The van der Waals surface area contributed by atoms with Crippen LogP contribution < -0.4 is 5.32 Å². The number of fused-ring (bicyclic) bond motifs is 1. The Labute approximate surface area is 102 Å². The van der Waals surface area contributed by atoms with E-state index in [9.17, 15) is 5.11 Å². The molecule has 1 aromatic carbocycles. The lowest BCUT2D eigenvalue weighted by molar-refractivity contribution is 0.123. The number of H-pyrrole nitrogens is 1. The molecular weight excluding hydrogens is 212 g/mol. The summed E-state index contributed by atoms with van der Waals surface area (Å²) in [6, 6.07) is 8.43. The fraction of sp³-hybridized carbons (Fsp3) is 0.429. The van der Waals surface area contributed by atoms with Crippen LogP contribution in [0.15, 0.2) is 30.5 Å². The van der Waals surface area contributed by atoms with Crippen molar-refractivity contribution >= 4 is 10.9 Å². The first-order valence-electron chi connectivity index (χ1n) is 6.11. The molecule has 3 nitrogen and oxygen atoms in total. The van der Waals surface area contributed by atoms with Gasteiger partial charge >= 0.3 is 0 Å². The molecule has 0 radical (unpaired) electrons. The number of hydrogen-bond donors (Lipinski definition) is 3. The Balaban J connectivity index is 1.90. The van der Waals surface area contributed by atoms with Gasteiger partial charge in [0, 0.05) is 24.8 Å². The van der Waals surface area contributed by atoms with Crippen LogP contribution in [0.2, 0.25) is 0 Å². The molecule has 1 aromatic heterocycles. The maximum Gasteiger partial charge on any atom is 0.0687 e.